The smallest absolute Gasteiger partial charge is 0.303 e. The van der Waals surface area contributed by atoms with Gasteiger partial charge in [0.1, 0.15) is 0 Å². The predicted molar refractivity (Wildman–Crippen MR) is 90.0 cm³/mol. The Bertz CT molecular complexity index is 370. The Morgan fingerprint density at radius 2 is 1.24 bits per heavy atom. The molecule has 0 aromatic heterocycles. The number of rotatable bonds is 17. The summed E-state index contributed by atoms with van der Waals surface area (Å²) in [5.74, 6) is -3.09. The molecule has 146 valence electrons. The zero-order valence-electron chi connectivity index (χ0n) is 14.5. The molecule has 0 radical (unpaired) electrons. The Labute approximate surface area is 147 Å². The normalized spacial score (nSPS) is 11.4. The van der Waals surface area contributed by atoms with Crippen molar-refractivity contribution in [1.82, 2.24) is 5.48 Å². The van der Waals surface area contributed by atoms with E-state index in [1.54, 1.807) is 0 Å². The number of carboxylic acids is 3. The van der Waals surface area contributed by atoms with E-state index in [4.69, 9.17) is 25.9 Å². The Kier molecular flexibility index (Phi) is 12.6. The molecule has 0 aliphatic heterocycles. The van der Waals surface area contributed by atoms with Crippen LogP contribution < -0.4 is 11.2 Å². The van der Waals surface area contributed by atoms with Crippen molar-refractivity contribution in [1.29, 1.82) is 0 Å². The first-order valence-electron chi connectivity index (χ1n) is 8.56. The van der Waals surface area contributed by atoms with Gasteiger partial charge in [0.2, 0.25) is 0 Å². The van der Waals surface area contributed by atoms with E-state index >= 15 is 0 Å². The number of unbranched alkanes of at least 4 members (excludes halogenated alkanes) is 3. The minimum absolute atomic E-state index is 0.0933. The van der Waals surface area contributed by atoms with Crippen molar-refractivity contribution in [3.05, 3.63) is 0 Å². The quantitative estimate of drug-likeness (QED) is 0.190. The maximum atomic E-state index is 10.9. The highest BCUT2D eigenvalue weighted by Gasteiger charge is 2.32. The molecular weight excluding hydrogens is 332 g/mol. The van der Waals surface area contributed by atoms with Gasteiger partial charge in [-0.1, -0.05) is 12.8 Å². The van der Waals surface area contributed by atoms with Gasteiger partial charge < -0.3 is 25.9 Å². The monoisotopic (exact) mass is 362 g/mol. The van der Waals surface area contributed by atoms with Gasteiger partial charge in [-0.05, 0) is 38.6 Å². The molecule has 0 aromatic carbocycles. The number of hydroxylamine groups is 1. The second kappa shape index (κ2) is 13.6. The van der Waals surface area contributed by atoms with Crippen LogP contribution in [0.4, 0.5) is 0 Å². The molecule has 0 aliphatic rings. The topological polar surface area (TPSA) is 159 Å². The van der Waals surface area contributed by atoms with Crippen molar-refractivity contribution in [2.45, 2.75) is 69.7 Å². The van der Waals surface area contributed by atoms with E-state index in [0.29, 0.717) is 13.2 Å². The maximum Gasteiger partial charge on any atom is 0.303 e. The highest BCUT2D eigenvalue weighted by atomic mass is 16.6. The summed E-state index contributed by atoms with van der Waals surface area (Å²) in [5.41, 5.74) is 7.19. The van der Waals surface area contributed by atoms with Crippen molar-refractivity contribution in [3.63, 3.8) is 0 Å². The van der Waals surface area contributed by atoms with Gasteiger partial charge in [-0.15, -0.1) is 0 Å². The van der Waals surface area contributed by atoms with Gasteiger partial charge >= 0.3 is 17.9 Å². The standard InChI is InChI=1S/C16H30N2O7/c17-11-3-1-2-4-12-25-18-16(8-5-13(19)20,9-6-14(21)22)10-7-15(23)24/h18H,1-12,17H2,(H,19,20)(H,21,22)(H,23,24). The van der Waals surface area contributed by atoms with Crippen molar-refractivity contribution in [2.24, 2.45) is 5.73 Å². The third-order valence-corrected chi connectivity index (χ3v) is 3.94. The van der Waals surface area contributed by atoms with Crippen molar-refractivity contribution in [3.8, 4) is 0 Å². The van der Waals surface area contributed by atoms with Crippen LogP contribution in [0.15, 0.2) is 0 Å². The van der Waals surface area contributed by atoms with Gasteiger partial charge in [0, 0.05) is 24.8 Å². The van der Waals surface area contributed by atoms with Crippen molar-refractivity contribution in [2.75, 3.05) is 13.2 Å². The van der Waals surface area contributed by atoms with E-state index < -0.39 is 23.4 Å². The first-order chi connectivity index (χ1) is 11.8. The number of nitrogens with one attached hydrogen (secondary N) is 1. The highest BCUT2D eigenvalue weighted by Crippen LogP contribution is 2.26. The van der Waals surface area contributed by atoms with Gasteiger partial charge in [-0.25, -0.2) is 0 Å². The van der Waals surface area contributed by atoms with Gasteiger partial charge in [0.15, 0.2) is 0 Å². The summed E-state index contributed by atoms with van der Waals surface area (Å²) in [5, 5.41) is 26.7. The lowest BCUT2D eigenvalue weighted by molar-refractivity contribution is -0.139. The molecule has 6 N–H and O–H groups in total. The number of aliphatic carboxylic acids is 3. The van der Waals surface area contributed by atoms with Crippen LogP contribution in [-0.4, -0.2) is 51.9 Å². The highest BCUT2D eigenvalue weighted by molar-refractivity contribution is 5.68. The zero-order valence-corrected chi connectivity index (χ0v) is 14.5. The molecular formula is C16H30N2O7. The second-order valence-electron chi connectivity index (χ2n) is 6.11. The molecule has 0 unspecified atom stereocenters. The number of carbonyl (C=O) groups is 3. The van der Waals surface area contributed by atoms with Crippen LogP contribution in [0.2, 0.25) is 0 Å². The fourth-order valence-electron chi connectivity index (χ4n) is 2.44. The maximum absolute atomic E-state index is 10.9. The molecule has 0 spiro atoms. The van der Waals surface area contributed by atoms with E-state index in [0.717, 1.165) is 25.7 Å². The van der Waals surface area contributed by atoms with Crippen LogP contribution in [-0.2, 0) is 19.2 Å². The van der Waals surface area contributed by atoms with E-state index in [2.05, 4.69) is 5.48 Å². The fourth-order valence-corrected chi connectivity index (χ4v) is 2.44. The van der Waals surface area contributed by atoms with Crippen LogP contribution >= 0.6 is 0 Å². The SMILES string of the molecule is NCCCCCCONC(CCC(=O)O)(CCC(=O)O)CCC(=O)O. The summed E-state index contributed by atoms with van der Waals surface area (Å²) in [4.78, 5) is 38.1. The lowest BCUT2D eigenvalue weighted by atomic mass is 9.84. The number of carboxylic acid groups (broad SMARTS) is 3. The minimum Gasteiger partial charge on any atom is -0.481 e. The Hall–Kier alpha value is -1.71. The number of hydrogen-bond acceptors (Lipinski definition) is 6. The zero-order chi connectivity index (χ0) is 19.1. The third-order valence-electron chi connectivity index (χ3n) is 3.94. The molecule has 0 aliphatic carbocycles. The minimum atomic E-state index is -1.03. The lowest BCUT2D eigenvalue weighted by Crippen LogP contribution is -2.46. The number of nitrogens with two attached hydrogens (primary N) is 1. The van der Waals surface area contributed by atoms with Crippen LogP contribution in [0.3, 0.4) is 0 Å². The summed E-state index contributed by atoms with van der Waals surface area (Å²) in [7, 11) is 0. The molecule has 9 nitrogen and oxygen atoms in total. The molecule has 0 aromatic rings. The van der Waals surface area contributed by atoms with Crippen LogP contribution in [0.25, 0.3) is 0 Å². The van der Waals surface area contributed by atoms with Crippen LogP contribution in [0.1, 0.15) is 64.2 Å². The molecule has 0 atom stereocenters. The summed E-state index contributed by atoms with van der Waals surface area (Å²) in [6.45, 7) is 1.02. The Balaban J connectivity index is 4.68. The number of hydrogen-bond donors (Lipinski definition) is 5. The molecule has 25 heavy (non-hydrogen) atoms. The van der Waals surface area contributed by atoms with E-state index in [-0.39, 0.29) is 38.5 Å². The largest absolute Gasteiger partial charge is 0.481 e. The van der Waals surface area contributed by atoms with Gasteiger partial charge in [-0.3, -0.25) is 14.4 Å². The molecule has 0 bridgehead atoms. The molecule has 9 heteroatoms. The fraction of sp³-hybridized carbons (Fsp3) is 0.812. The summed E-state index contributed by atoms with van der Waals surface area (Å²) in [6.07, 6.45) is 3.31. The van der Waals surface area contributed by atoms with E-state index in [1.807, 2.05) is 0 Å². The first kappa shape index (κ1) is 23.3. The van der Waals surface area contributed by atoms with Gasteiger partial charge in [-0.2, -0.15) is 5.48 Å². The van der Waals surface area contributed by atoms with Crippen molar-refractivity contribution < 1.29 is 34.5 Å². The first-order valence-corrected chi connectivity index (χ1v) is 8.56. The molecule has 0 heterocycles. The van der Waals surface area contributed by atoms with Crippen molar-refractivity contribution >= 4 is 17.9 Å². The lowest BCUT2D eigenvalue weighted by Gasteiger charge is -2.33. The van der Waals surface area contributed by atoms with Gasteiger partial charge in [0.05, 0.1) is 6.61 Å². The molecule has 0 saturated heterocycles. The summed E-state index contributed by atoms with van der Waals surface area (Å²) < 4.78 is 0. The van der Waals surface area contributed by atoms with Gasteiger partial charge in [0.25, 0.3) is 0 Å². The Morgan fingerprint density at radius 3 is 1.64 bits per heavy atom. The molecule has 0 saturated carbocycles. The molecule has 0 rings (SSSR count). The van der Waals surface area contributed by atoms with Crippen LogP contribution in [0.5, 0.6) is 0 Å². The van der Waals surface area contributed by atoms with E-state index in [9.17, 15) is 14.4 Å². The Morgan fingerprint density at radius 1 is 0.800 bits per heavy atom. The summed E-state index contributed by atoms with van der Waals surface area (Å²) >= 11 is 0. The van der Waals surface area contributed by atoms with Crippen LogP contribution in [0, 0.1) is 0 Å². The average molecular weight is 362 g/mol. The second-order valence-corrected chi connectivity index (χ2v) is 6.11. The molecule has 0 amide bonds. The summed E-state index contributed by atoms with van der Waals surface area (Å²) in [6, 6.07) is 0. The average Bonchev–Trinajstić information content (AvgIpc) is 2.54. The third kappa shape index (κ3) is 13.3. The van der Waals surface area contributed by atoms with E-state index in [1.165, 1.54) is 0 Å². The molecule has 0 fully saturated rings. The predicted octanol–water partition coefficient (Wildman–Crippen LogP) is 1.36.